The molecule has 0 aliphatic carbocycles. The van der Waals surface area contributed by atoms with E-state index in [0.29, 0.717) is 17.3 Å². The van der Waals surface area contributed by atoms with Gasteiger partial charge in [-0.1, -0.05) is 27.0 Å². The molecule has 70 valence electrons. The van der Waals surface area contributed by atoms with Gasteiger partial charge in [-0.05, 0) is 17.6 Å². The molecule has 0 bridgehead atoms. The highest BCUT2D eigenvalue weighted by Gasteiger charge is 2.07. The maximum absolute atomic E-state index is 8.52. The van der Waals surface area contributed by atoms with Crippen LogP contribution in [0.25, 0.3) is 0 Å². The van der Waals surface area contributed by atoms with Gasteiger partial charge in [0.1, 0.15) is 5.76 Å². The van der Waals surface area contributed by atoms with Gasteiger partial charge in [0, 0.05) is 5.57 Å². The van der Waals surface area contributed by atoms with E-state index in [-0.39, 0.29) is 0 Å². The van der Waals surface area contributed by atoms with Crippen LogP contribution in [0.4, 0.5) is 0 Å². The van der Waals surface area contributed by atoms with Crippen molar-refractivity contribution in [2.24, 2.45) is 5.92 Å². The van der Waals surface area contributed by atoms with Gasteiger partial charge < -0.3 is 4.74 Å². The van der Waals surface area contributed by atoms with E-state index in [1.54, 1.807) is 13.2 Å². The quantitative estimate of drug-likeness (QED) is 0.376. The molecule has 0 aromatic heterocycles. The van der Waals surface area contributed by atoms with Crippen molar-refractivity contribution in [3.63, 3.8) is 0 Å². The topological polar surface area (TPSA) is 33.0 Å². The normalized spacial score (nSPS) is 10.8. The third-order valence-corrected chi connectivity index (χ3v) is 1.68. The summed E-state index contributed by atoms with van der Waals surface area (Å²) in [4.78, 5) is 0. The zero-order valence-electron chi connectivity index (χ0n) is 8.42. The number of methoxy groups -OCH3 is 1. The van der Waals surface area contributed by atoms with Gasteiger partial charge in [0.25, 0.3) is 0 Å². The summed E-state index contributed by atoms with van der Waals surface area (Å²) in [6.45, 7) is 11.4. The highest BCUT2D eigenvalue weighted by molar-refractivity contribution is 5.37. The van der Waals surface area contributed by atoms with Crippen LogP contribution in [0.2, 0.25) is 0 Å². The van der Waals surface area contributed by atoms with E-state index >= 15 is 0 Å². The van der Waals surface area contributed by atoms with Gasteiger partial charge in [0.2, 0.25) is 0 Å². The van der Waals surface area contributed by atoms with Gasteiger partial charge in [-0.2, -0.15) is 5.26 Å². The second-order valence-electron chi connectivity index (χ2n) is 3.03. The Balaban J connectivity index is 4.72. The van der Waals surface area contributed by atoms with Crippen molar-refractivity contribution in [2.45, 2.75) is 13.8 Å². The Morgan fingerprint density at radius 2 is 2.00 bits per heavy atom. The molecule has 0 aromatic carbocycles. The second kappa shape index (κ2) is 5.21. The average molecular weight is 177 g/mol. The minimum atomic E-state index is 0.303. The number of hydrogen-bond donors (Lipinski definition) is 0. The predicted octanol–water partition coefficient (Wildman–Crippen LogP) is 2.81. The summed E-state index contributed by atoms with van der Waals surface area (Å²) < 4.78 is 5.10. The van der Waals surface area contributed by atoms with Gasteiger partial charge in [-0.15, -0.1) is 0 Å². The van der Waals surface area contributed by atoms with Crippen LogP contribution in [0.5, 0.6) is 0 Å². The third kappa shape index (κ3) is 3.62. The number of nitriles is 1. The van der Waals surface area contributed by atoms with Crippen LogP contribution < -0.4 is 0 Å². The Hall–Kier alpha value is -1.49. The summed E-state index contributed by atoms with van der Waals surface area (Å²) in [5.74, 6) is 0.930. The Labute approximate surface area is 79.8 Å². The zero-order chi connectivity index (χ0) is 10.4. The summed E-state index contributed by atoms with van der Waals surface area (Å²) in [5, 5.41) is 8.52. The first-order valence-corrected chi connectivity index (χ1v) is 4.06. The fourth-order valence-electron chi connectivity index (χ4n) is 0.758. The summed E-state index contributed by atoms with van der Waals surface area (Å²) in [6.07, 6.45) is 1.60. The first-order chi connectivity index (χ1) is 6.02. The molecule has 0 fully saturated rings. The molecule has 0 unspecified atom stereocenters. The molecule has 0 aliphatic rings. The van der Waals surface area contributed by atoms with Crippen LogP contribution in [0.15, 0.2) is 36.1 Å². The van der Waals surface area contributed by atoms with Gasteiger partial charge in [-0.3, -0.25) is 0 Å². The lowest BCUT2D eigenvalue weighted by Crippen LogP contribution is -1.99. The molecule has 0 aromatic rings. The van der Waals surface area contributed by atoms with Crippen LogP contribution in [-0.4, -0.2) is 7.11 Å². The number of hydrogen-bond acceptors (Lipinski definition) is 2. The Morgan fingerprint density at radius 1 is 1.46 bits per heavy atom. The lowest BCUT2D eigenvalue weighted by molar-refractivity contribution is 0.294. The molecule has 0 atom stereocenters. The molecule has 13 heavy (non-hydrogen) atoms. The molecule has 2 heteroatoms. The molecule has 0 aliphatic heterocycles. The number of ether oxygens (including phenoxy) is 1. The summed E-state index contributed by atoms with van der Waals surface area (Å²) in [6, 6.07) is 1.93. The van der Waals surface area contributed by atoms with Gasteiger partial charge in [-0.25, -0.2) is 0 Å². The van der Waals surface area contributed by atoms with Crippen molar-refractivity contribution < 1.29 is 4.74 Å². The Kier molecular flexibility index (Phi) is 4.61. The molecule has 0 N–H and O–H groups in total. The lowest BCUT2D eigenvalue weighted by Gasteiger charge is -2.12. The number of rotatable bonds is 4. The zero-order valence-corrected chi connectivity index (χ0v) is 8.42. The van der Waals surface area contributed by atoms with Crippen LogP contribution >= 0.6 is 0 Å². The molecule has 0 radical (unpaired) electrons. The maximum atomic E-state index is 8.52. The fourth-order valence-corrected chi connectivity index (χ4v) is 0.758. The molecular formula is C11H15NO. The monoisotopic (exact) mass is 177 g/mol. The second-order valence-corrected chi connectivity index (χ2v) is 3.03. The van der Waals surface area contributed by atoms with E-state index in [0.717, 1.165) is 5.57 Å². The summed E-state index contributed by atoms with van der Waals surface area (Å²) in [5.41, 5.74) is 1.25. The molecule has 2 nitrogen and oxygen atoms in total. The van der Waals surface area contributed by atoms with E-state index in [4.69, 9.17) is 10.00 Å². The van der Waals surface area contributed by atoms with Crippen molar-refractivity contribution in [1.29, 1.82) is 5.26 Å². The van der Waals surface area contributed by atoms with E-state index in [2.05, 4.69) is 13.2 Å². The fraction of sp³-hybridized carbons (Fsp3) is 0.364. The maximum Gasteiger partial charge on any atom is 0.123 e. The van der Waals surface area contributed by atoms with Crippen molar-refractivity contribution in [1.82, 2.24) is 0 Å². The average Bonchev–Trinajstić information content (AvgIpc) is 2.12. The van der Waals surface area contributed by atoms with Crippen molar-refractivity contribution in [3.05, 3.63) is 36.1 Å². The largest absolute Gasteiger partial charge is 0.496 e. The summed E-state index contributed by atoms with van der Waals surface area (Å²) in [7, 11) is 1.56. The van der Waals surface area contributed by atoms with Crippen molar-refractivity contribution in [2.75, 3.05) is 7.11 Å². The number of allylic oxidation sites excluding steroid dienone is 3. The predicted molar refractivity (Wildman–Crippen MR) is 53.8 cm³/mol. The molecular weight excluding hydrogens is 162 g/mol. The molecule has 0 spiro atoms. The highest BCUT2D eigenvalue weighted by Crippen LogP contribution is 2.18. The minimum absolute atomic E-state index is 0.303. The third-order valence-electron chi connectivity index (χ3n) is 1.68. The van der Waals surface area contributed by atoms with Crippen molar-refractivity contribution >= 4 is 0 Å². The van der Waals surface area contributed by atoms with Crippen molar-refractivity contribution in [3.8, 4) is 6.07 Å². The molecule has 0 amide bonds. The smallest absolute Gasteiger partial charge is 0.123 e. The molecule has 0 heterocycles. The first kappa shape index (κ1) is 11.5. The van der Waals surface area contributed by atoms with Gasteiger partial charge in [0.15, 0.2) is 0 Å². The molecule has 0 saturated heterocycles. The lowest BCUT2D eigenvalue weighted by atomic mass is 10.0. The highest BCUT2D eigenvalue weighted by atomic mass is 16.5. The van der Waals surface area contributed by atoms with Crippen LogP contribution in [-0.2, 0) is 4.74 Å². The van der Waals surface area contributed by atoms with E-state index in [9.17, 15) is 0 Å². The SMILES string of the molecule is C=C(C#N)/C=C(/OC)C(=C)C(C)C. The van der Waals surface area contributed by atoms with E-state index in [1.165, 1.54) is 0 Å². The Morgan fingerprint density at radius 3 is 2.31 bits per heavy atom. The van der Waals surface area contributed by atoms with Gasteiger partial charge in [0.05, 0.1) is 13.2 Å². The minimum Gasteiger partial charge on any atom is -0.496 e. The first-order valence-electron chi connectivity index (χ1n) is 4.06. The molecule has 0 saturated carbocycles. The van der Waals surface area contributed by atoms with Crippen LogP contribution in [0.1, 0.15) is 13.8 Å². The number of nitrogens with zero attached hydrogens (tertiary/aromatic N) is 1. The molecule has 0 rings (SSSR count). The van der Waals surface area contributed by atoms with E-state index in [1.807, 2.05) is 19.9 Å². The van der Waals surface area contributed by atoms with Crippen LogP contribution in [0, 0.1) is 17.2 Å². The standard InChI is InChI=1S/C11H15NO/c1-8(2)10(4)11(13-5)6-9(3)7-12/h6,8H,3-4H2,1-2,5H3/b11-6+. The summed E-state index contributed by atoms with van der Waals surface area (Å²) >= 11 is 0. The van der Waals surface area contributed by atoms with Gasteiger partial charge >= 0.3 is 0 Å². The van der Waals surface area contributed by atoms with Crippen LogP contribution in [0.3, 0.4) is 0 Å². The van der Waals surface area contributed by atoms with E-state index < -0.39 is 0 Å². The Bertz CT molecular complexity index is 279.